The summed E-state index contributed by atoms with van der Waals surface area (Å²) in [4.78, 5) is 0. The van der Waals surface area contributed by atoms with Gasteiger partial charge in [-0.15, -0.1) is 0 Å². The third-order valence-electron chi connectivity index (χ3n) is 1.57. The molecule has 0 aliphatic heterocycles. The molecule has 0 aliphatic carbocycles. The molecule has 0 aromatic heterocycles. The van der Waals surface area contributed by atoms with Crippen LogP contribution < -0.4 is 10.5 Å². The van der Waals surface area contributed by atoms with E-state index < -0.39 is 0 Å². The van der Waals surface area contributed by atoms with Gasteiger partial charge in [-0.05, 0) is 12.1 Å². The molecular weight excluding hydrogens is 154 g/mol. The number of hydrogen-bond acceptors (Lipinski definition) is 3. The fraction of sp³-hybridized carbons (Fsp3) is 0.111. The second kappa shape index (κ2) is 3.17. The molecule has 1 aromatic carbocycles. The monoisotopic (exact) mass is 165 g/mol. The van der Waals surface area contributed by atoms with Gasteiger partial charge in [0.05, 0.1) is 7.11 Å². The van der Waals surface area contributed by atoms with Crippen molar-refractivity contribution in [2.45, 2.75) is 0 Å². The number of nitrogen functional groups attached to an aromatic ring is 1. The first-order chi connectivity index (χ1) is 5.65. The molecule has 1 rings (SSSR count). The summed E-state index contributed by atoms with van der Waals surface area (Å²) in [5.41, 5.74) is 6.59. The summed E-state index contributed by atoms with van der Waals surface area (Å²) in [5, 5.41) is 9.05. The minimum Gasteiger partial charge on any atom is -0.508 e. The van der Waals surface area contributed by atoms with Crippen molar-refractivity contribution in [3.8, 4) is 5.75 Å². The minimum atomic E-state index is -0.0323. The van der Waals surface area contributed by atoms with E-state index >= 15 is 0 Å². The van der Waals surface area contributed by atoms with Crippen molar-refractivity contribution >= 4 is 11.4 Å². The Labute approximate surface area is 71.1 Å². The van der Waals surface area contributed by atoms with Gasteiger partial charge in [0.2, 0.25) is 0 Å². The predicted molar refractivity (Wildman–Crippen MR) is 49.1 cm³/mol. The van der Waals surface area contributed by atoms with E-state index in [2.05, 4.69) is 6.58 Å². The van der Waals surface area contributed by atoms with Crippen LogP contribution in [-0.4, -0.2) is 12.2 Å². The molecule has 3 heteroatoms. The fourth-order valence-corrected chi connectivity index (χ4v) is 0.931. The smallest absolute Gasteiger partial charge is 0.120 e. The van der Waals surface area contributed by atoms with Crippen LogP contribution in [0.2, 0.25) is 0 Å². The van der Waals surface area contributed by atoms with Crippen molar-refractivity contribution in [3.05, 3.63) is 30.3 Å². The summed E-state index contributed by atoms with van der Waals surface area (Å²) >= 11 is 0. The van der Waals surface area contributed by atoms with Crippen molar-refractivity contribution in [2.75, 3.05) is 12.8 Å². The van der Waals surface area contributed by atoms with E-state index in [1.807, 2.05) is 0 Å². The zero-order valence-electron chi connectivity index (χ0n) is 6.87. The molecule has 0 spiro atoms. The second-order valence-corrected chi connectivity index (χ2v) is 2.40. The third-order valence-corrected chi connectivity index (χ3v) is 1.57. The Balaban J connectivity index is 3.12. The van der Waals surface area contributed by atoms with Crippen LogP contribution in [0.4, 0.5) is 5.69 Å². The van der Waals surface area contributed by atoms with Gasteiger partial charge in [0.15, 0.2) is 0 Å². The SMILES string of the molecule is C=C(O)c1ccc(OC)cc1N. The van der Waals surface area contributed by atoms with Crippen molar-refractivity contribution in [2.24, 2.45) is 0 Å². The van der Waals surface area contributed by atoms with E-state index in [9.17, 15) is 0 Å². The lowest BCUT2D eigenvalue weighted by molar-refractivity contribution is 0.415. The highest BCUT2D eigenvalue weighted by Crippen LogP contribution is 2.23. The molecule has 3 nitrogen and oxygen atoms in total. The highest BCUT2D eigenvalue weighted by atomic mass is 16.5. The number of methoxy groups -OCH3 is 1. The first-order valence-electron chi connectivity index (χ1n) is 3.47. The molecule has 0 amide bonds. The maximum absolute atomic E-state index is 9.05. The van der Waals surface area contributed by atoms with Gasteiger partial charge >= 0.3 is 0 Å². The summed E-state index contributed by atoms with van der Waals surface area (Å²) in [7, 11) is 1.56. The van der Waals surface area contributed by atoms with E-state index in [1.165, 1.54) is 0 Å². The molecule has 1 aromatic rings. The van der Waals surface area contributed by atoms with Gasteiger partial charge < -0.3 is 15.6 Å². The zero-order chi connectivity index (χ0) is 9.14. The third kappa shape index (κ3) is 1.50. The van der Waals surface area contributed by atoms with Crippen LogP contribution in [-0.2, 0) is 0 Å². The van der Waals surface area contributed by atoms with E-state index in [-0.39, 0.29) is 5.76 Å². The molecule has 0 bridgehead atoms. The average Bonchev–Trinajstić information content (AvgIpc) is 2.03. The van der Waals surface area contributed by atoms with Gasteiger partial charge in [-0.1, -0.05) is 6.58 Å². The number of aliphatic hydroxyl groups is 1. The highest BCUT2D eigenvalue weighted by molar-refractivity contribution is 5.70. The van der Waals surface area contributed by atoms with E-state index in [4.69, 9.17) is 15.6 Å². The standard InChI is InChI=1S/C9H11NO2/c1-6(11)8-4-3-7(12-2)5-9(8)10/h3-5,11H,1,10H2,2H3. The number of anilines is 1. The lowest BCUT2D eigenvalue weighted by Gasteiger charge is -2.05. The van der Waals surface area contributed by atoms with Gasteiger partial charge in [0.1, 0.15) is 11.5 Å². The summed E-state index contributed by atoms with van der Waals surface area (Å²) < 4.78 is 4.94. The lowest BCUT2D eigenvalue weighted by Crippen LogP contribution is -1.93. The quantitative estimate of drug-likeness (QED) is 0.519. The molecule has 0 radical (unpaired) electrons. The van der Waals surface area contributed by atoms with Crippen LogP contribution in [0.25, 0.3) is 5.76 Å². The minimum absolute atomic E-state index is 0.0323. The average molecular weight is 165 g/mol. The van der Waals surface area contributed by atoms with E-state index in [0.717, 1.165) is 0 Å². The van der Waals surface area contributed by atoms with Gasteiger partial charge in [-0.25, -0.2) is 0 Å². The summed E-state index contributed by atoms with van der Waals surface area (Å²) in [6.07, 6.45) is 0. The number of rotatable bonds is 2. The van der Waals surface area contributed by atoms with Crippen LogP contribution in [0, 0.1) is 0 Å². The van der Waals surface area contributed by atoms with E-state index in [0.29, 0.717) is 17.0 Å². The van der Waals surface area contributed by atoms with E-state index in [1.54, 1.807) is 25.3 Å². The van der Waals surface area contributed by atoms with Gasteiger partial charge in [0, 0.05) is 17.3 Å². The lowest BCUT2D eigenvalue weighted by atomic mass is 10.1. The Kier molecular flexibility index (Phi) is 2.24. The maximum atomic E-state index is 9.05. The van der Waals surface area contributed by atoms with Crippen molar-refractivity contribution < 1.29 is 9.84 Å². The fourth-order valence-electron chi connectivity index (χ4n) is 0.931. The molecule has 0 atom stereocenters. The molecule has 64 valence electrons. The first kappa shape index (κ1) is 8.46. The van der Waals surface area contributed by atoms with Crippen LogP contribution in [0.1, 0.15) is 5.56 Å². The van der Waals surface area contributed by atoms with Gasteiger partial charge in [0.25, 0.3) is 0 Å². The summed E-state index contributed by atoms with van der Waals surface area (Å²) in [6.45, 7) is 3.38. The van der Waals surface area contributed by atoms with Crippen LogP contribution in [0.3, 0.4) is 0 Å². The molecule has 0 heterocycles. The highest BCUT2D eigenvalue weighted by Gasteiger charge is 2.02. The number of ether oxygens (including phenoxy) is 1. The molecule has 12 heavy (non-hydrogen) atoms. The number of nitrogens with two attached hydrogens (primary N) is 1. The van der Waals surface area contributed by atoms with Crippen LogP contribution in [0.15, 0.2) is 24.8 Å². The molecule has 0 saturated carbocycles. The topological polar surface area (TPSA) is 55.5 Å². The molecule has 0 fully saturated rings. The zero-order valence-corrected chi connectivity index (χ0v) is 6.87. The number of hydrogen-bond donors (Lipinski definition) is 2. The molecule has 0 aliphatic rings. The van der Waals surface area contributed by atoms with Gasteiger partial charge in [-0.2, -0.15) is 0 Å². The summed E-state index contributed by atoms with van der Waals surface area (Å²) in [6, 6.07) is 5.01. The first-order valence-corrected chi connectivity index (χ1v) is 3.47. The Morgan fingerprint density at radius 3 is 2.67 bits per heavy atom. The van der Waals surface area contributed by atoms with Crippen molar-refractivity contribution in [1.82, 2.24) is 0 Å². The van der Waals surface area contributed by atoms with Crippen molar-refractivity contribution in [1.29, 1.82) is 0 Å². The van der Waals surface area contributed by atoms with Crippen LogP contribution in [0.5, 0.6) is 5.75 Å². The Morgan fingerprint density at radius 2 is 2.25 bits per heavy atom. The van der Waals surface area contributed by atoms with Crippen LogP contribution >= 0.6 is 0 Å². The van der Waals surface area contributed by atoms with Crippen molar-refractivity contribution in [3.63, 3.8) is 0 Å². The Bertz CT molecular complexity index is 307. The molecular formula is C9H11NO2. The number of aliphatic hydroxyl groups excluding tert-OH is 1. The Morgan fingerprint density at radius 1 is 1.58 bits per heavy atom. The Hall–Kier alpha value is -1.64. The van der Waals surface area contributed by atoms with Gasteiger partial charge in [-0.3, -0.25) is 0 Å². The maximum Gasteiger partial charge on any atom is 0.120 e. The second-order valence-electron chi connectivity index (χ2n) is 2.40. The molecule has 0 unspecified atom stereocenters. The predicted octanol–water partition coefficient (Wildman–Crippen LogP) is 1.81. The molecule has 0 saturated heterocycles. The largest absolute Gasteiger partial charge is 0.508 e. The molecule has 3 N–H and O–H groups in total. The number of benzene rings is 1. The normalized spacial score (nSPS) is 9.42. The summed E-state index contributed by atoms with van der Waals surface area (Å²) in [5.74, 6) is 0.632.